The minimum Gasteiger partial charge on any atom is -0.345 e. The molecular weight excluding hydrogens is 428 g/mol. The lowest BCUT2D eigenvalue weighted by Crippen LogP contribution is -2.27. The lowest BCUT2D eigenvalue weighted by atomic mass is 9.96. The molecule has 0 fully saturated rings. The molecular formula is C27H26N4OS. The quantitative estimate of drug-likeness (QED) is 0.397. The van der Waals surface area contributed by atoms with Gasteiger partial charge in [0.25, 0.3) is 5.91 Å². The zero-order valence-corrected chi connectivity index (χ0v) is 19.9. The summed E-state index contributed by atoms with van der Waals surface area (Å²) in [6, 6.07) is 15.9. The summed E-state index contributed by atoms with van der Waals surface area (Å²) >= 11 is 1.69. The number of thiophene rings is 1. The molecule has 166 valence electrons. The van der Waals surface area contributed by atoms with Gasteiger partial charge in [-0.05, 0) is 75.3 Å². The topological polar surface area (TPSA) is 81.6 Å². The second-order valence-electron chi connectivity index (χ2n) is 8.44. The highest BCUT2D eigenvalue weighted by atomic mass is 32.1. The Balaban J connectivity index is 1.66. The van der Waals surface area contributed by atoms with E-state index in [1.165, 1.54) is 10.4 Å². The van der Waals surface area contributed by atoms with Gasteiger partial charge in [0.15, 0.2) is 0 Å². The second-order valence-corrected chi connectivity index (χ2v) is 9.52. The van der Waals surface area contributed by atoms with E-state index in [-0.39, 0.29) is 11.6 Å². The first-order valence-electron chi connectivity index (χ1n) is 11.2. The fourth-order valence-electron chi connectivity index (χ4n) is 4.47. The second kappa shape index (κ2) is 9.48. The number of carbonyl (C=O) groups is 1. The van der Waals surface area contributed by atoms with Gasteiger partial charge in [-0.25, -0.2) is 0 Å². The van der Waals surface area contributed by atoms with Gasteiger partial charge in [0.1, 0.15) is 22.7 Å². The molecule has 0 radical (unpaired) electrons. The number of benzene rings is 1. The Labute approximate surface area is 198 Å². The number of nitriles is 2. The summed E-state index contributed by atoms with van der Waals surface area (Å²) < 4.78 is 2.09. The molecule has 0 aliphatic heterocycles. The zero-order chi connectivity index (χ0) is 23.5. The summed E-state index contributed by atoms with van der Waals surface area (Å²) in [5, 5.41) is 23.4. The van der Waals surface area contributed by atoms with Crippen LogP contribution in [0.2, 0.25) is 0 Å². The Bertz CT molecular complexity index is 1310. The van der Waals surface area contributed by atoms with Gasteiger partial charge in [-0.1, -0.05) is 30.3 Å². The molecule has 0 saturated heterocycles. The van der Waals surface area contributed by atoms with Crippen molar-refractivity contribution < 1.29 is 4.79 Å². The molecule has 0 spiro atoms. The third-order valence-electron chi connectivity index (χ3n) is 6.25. The number of nitrogens with zero attached hydrogens (tertiary/aromatic N) is 3. The van der Waals surface area contributed by atoms with E-state index in [9.17, 15) is 15.3 Å². The first-order chi connectivity index (χ1) is 15.9. The molecule has 0 unspecified atom stereocenters. The van der Waals surface area contributed by atoms with Gasteiger partial charge in [0, 0.05) is 16.3 Å². The summed E-state index contributed by atoms with van der Waals surface area (Å²) in [5.41, 5.74) is 5.70. The van der Waals surface area contributed by atoms with Crippen molar-refractivity contribution in [2.24, 2.45) is 0 Å². The molecule has 1 atom stereocenters. The van der Waals surface area contributed by atoms with Crippen LogP contribution in [-0.2, 0) is 17.6 Å². The van der Waals surface area contributed by atoms with E-state index in [1.807, 2.05) is 57.2 Å². The lowest BCUT2D eigenvalue weighted by molar-refractivity contribution is -0.117. The molecule has 2 heterocycles. The van der Waals surface area contributed by atoms with Crippen molar-refractivity contribution in [3.63, 3.8) is 0 Å². The van der Waals surface area contributed by atoms with Crippen LogP contribution in [0.5, 0.6) is 0 Å². The van der Waals surface area contributed by atoms with E-state index in [1.54, 1.807) is 17.4 Å². The van der Waals surface area contributed by atoms with E-state index in [0.29, 0.717) is 0 Å². The van der Waals surface area contributed by atoms with Gasteiger partial charge in [-0.2, -0.15) is 10.5 Å². The van der Waals surface area contributed by atoms with Crippen molar-refractivity contribution in [3.05, 3.63) is 80.5 Å². The first-order valence-corrected chi connectivity index (χ1v) is 12.0. The first kappa shape index (κ1) is 22.6. The van der Waals surface area contributed by atoms with Crippen molar-refractivity contribution in [3.8, 4) is 17.1 Å². The van der Waals surface area contributed by atoms with E-state index in [4.69, 9.17) is 0 Å². The summed E-state index contributed by atoms with van der Waals surface area (Å²) in [7, 11) is 0. The van der Waals surface area contributed by atoms with Crippen molar-refractivity contribution in [1.29, 1.82) is 10.5 Å². The van der Waals surface area contributed by atoms with Gasteiger partial charge in [-0.15, -0.1) is 11.3 Å². The Hall–Kier alpha value is -3.61. The summed E-state index contributed by atoms with van der Waals surface area (Å²) in [4.78, 5) is 14.1. The van der Waals surface area contributed by atoms with E-state index in [2.05, 4.69) is 22.0 Å². The molecule has 1 aliphatic rings. The summed E-state index contributed by atoms with van der Waals surface area (Å²) in [6.07, 6.45) is 5.92. The number of hydrogen-bond acceptors (Lipinski definition) is 4. The Morgan fingerprint density at radius 1 is 1.18 bits per heavy atom. The van der Waals surface area contributed by atoms with Crippen LogP contribution >= 0.6 is 11.3 Å². The molecule has 1 aromatic carbocycles. The monoisotopic (exact) mass is 454 g/mol. The molecule has 1 N–H and O–H groups in total. The summed E-state index contributed by atoms with van der Waals surface area (Å²) in [6.45, 7) is 5.86. The smallest absolute Gasteiger partial charge is 0.262 e. The fourth-order valence-corrected chi connectivity index (χ4v) is 5.92. The van der Waals surface area contributed by atoms with Crippen molar-refractivity contribution in [2.45, 2.75) is 52.5 Å². The van der Waals surface area contributed by atoms with Gasteiger partial charge in [0.05, 0.1) is 11.6 Å². The predicted molar refractivity (Wildman–Crippen MR) is 131 cm³/mol. The number of amides is 1. The van der Waals surface area contributed by atoms with Gasteiger partial charge < -0.3 is 9.88 Å². The zero-order valence-electron chi connectivity index (χ0n) is 19.1. The fraction of sp³-hybridized carbons (Fsp3) is 0.296. The van der Waals surface area contributed by atoms with E-state index >= 15 is 0 Å². The van der Waals surface area contributed by atoms with Crippen LogP contribution in [0, 0.1) is 36.5 Å². The van der Waals surface area contributed by atoms with Crippen LogP contribution < -0.4 is 5.32 Å². The summed E-state index contributed by atoms with van der Waals surface area (Å²) in [5.74, 6) is -0.400. The maximum absolute atomic E-state index is 12.8. The predicted octanol–water partition coefficient (Wildman–Crippen LogP) is 5.69. The molecule has 1 amide bonds. The minimum absolute atomic E-state index is 0.0593. The highest BCUT2D eigenvalue weighted by molar-refractivity contribution is 7.15. The standard InChI is InChI=1S/C27H26N4OS/c1-17-13-21(14-22(15-28)26(32)30-18(2)20-9-5-4-6-10-20)19(3)31(17)27-24(16-29)23-11-7-8-12-25(23)33-27/h4-6,9-10,13-14,18H,7-8,11-12H2,1-3H3,(H,30,32)/b22-14+/t18-/m1/s1. The third-order valence-corrected chi connectivity index (χ3v) is 7.53. The van der Waals surface area contributed by atoms with Crippen LogP contribution in [0.15, 0.2) is 42.0 Å². The van der Waals surface area contributed by atoms with Crippen molar-refractivity contribution in [2.75, 3.05) is 0 Å². The Kier molecular flexibility index (Phi) is 6.49. The minimum atomic E-state index is -0.400. The van der Waals surface area contributed by atoms with E-state index < -0.39 is 5.91 Å². The average Bonchev–Trinajstić information content (AvgIpc) is 3.33. The van der Waals surface area contributed by atoms with Crippen molar-refractivity contribution in [1.82, 2.24) is 9.88 Å². The number of hydrogen-bond donors (Lipinski definition) is 1. The van der Waals surface area contributed by atoms with Crippen molar-refractivity contribution >= 4 is 23.3 Å². The maximum Gasteiger partial charge on any atom is 0.262 e. The number of fused-ring (bicyclic) bond motifs is 1. The highest BCUT2D eigenvalue weighted by Gasteiger charge is 2.24. The van der Waals surface area contributed by atoms with Crippen LogP contribution in [-0.4, -0.2) is 10.5 Å². The third kappa shape index (κ3) is 4.35. The van der Waals surface area contributed by atoms with Crippen LogP contribution in [0.1, 0.15) is 64.3 Å². The van der Waals surface area contributed by atoms with Crippen LogP contribution in [0.3, 0.4) is 0 Å². The van der Waals surface area contributed by atoms with Gasteiger partial charge in [0.2, 0.25) is 0 Å². The number of nitrogens with one attached hydrogen (secondary N) is 1. The molecule has 4 rings (SSSR count). The Morgan fingerprint density at radius 3 is 2.61 bits per heavy atom. The largest absolute Gasteiger partial charge is 0.345 e. The Morgan fingerprint density at radius 2 is 1.91 bits per heavy atom. The van der Waals surface area contributed by atoms with Crippen LogP contribution in [0.4, 0.5) is 0 Å². The molecule has 6 heteroatoms. The molecule has 0 bridgehead atoms. The number of aromatic nitrogens is 1. The van der Waals surface area contributed by atoms with E-state index in [0.717, 1.165) is 58.8 Å². The number of carbonyl (C=O) groups excluding carboxylic acids is 1. The van der Waals surface area contributed by atoms with Crippen LogP contribution in [0.25, 0.3) is 11.1 Å². The molecule has 2 aromatic heterocycles. The maximum atomic E-state index is 12.8. The molecule has 0 saturated carbocycles. The lowest BCUT2D eigenvalue weighted by Gasteiger charge is -2.13. The number of aryl methyl sites for hydroxylation is 2. The van der Waals surface area contributed by atoms with Gasteiger partial charge in [-0.3, -0.25) is 4.79 Å². The van der Waals surface area contributed by atoms with Gasteiger partial charge >= 0.3 is 0 Å². The molecule has 5 nitrogen and oxygen atoms in total. The molecule has 1 aliphatic carbocycles. The molecule has 3 aromatic rings. The SMILES string of the molecule is Cc1cc(/C=C(\C#N)C(=O)N[C@H](C)c2ccccc2)c(C)n1-c1sc2c(c1C#N)CCCC2. The highest BCUT2D eigenvalue weighted by Crippen LogP contribution is 2.38. The normalized spacial score (nSPS) is 14.2. The average molecular weight is 455 g/mol. The molecule has 33 heavy (non-hydrogen) atoms. The number of rotatable bonds is 5.